The molecule has 0 amide bonds. The van der Waals surface area contributed by atoms with Gasteiger partial charge in [-0.2, -0.15) is 0 Å². The highest BCUT2D eigenvalue weighted by atomic mass is 16.3. The summed E-state index contributed by atoms with van der Waals surface area (Å²) < 4.78 is 0. The molecule has 1 rings (SSSR count). The summed E-state index contributed by atoms with van der Waals surface area (Å²) in [6.07, 6.45) is 13.0. The number of allylic oxidation sites excluding steroid dienone is 1. The summed E-state index contributed by atoms with van der Waals surface area (Å²) >= 11 is 0. The maximum Gasteiger partial charge on any atom is 0.115 e. The molecule has 0 spiro atoms. The third kappa shape index (κ3) is 12.8. The summed E-state index contributed by atoms with van der Waals surface area (Å²) in [5.74, 6) is 0.322. The molecule has 102 valence electrons. The van der Waals surface area contributed by atoms with Crippen molar-refractivity contribution in [1.29, 1.82) is 0 Å². The smallest absolute Gasteiger partial charge is 0.115 e. The maximum atomic E-state index is 8.63. The Bertz CT molecular complexity index is 266. The molecular weight excluding hydrogens is 220 g/mol. The molecule has 0 aliphatic heterocycles. The molecule has 0 aromatic heterocycles. The molecule has 1 heteroatoms. The van der Waals surface area contributed by atoms with E-state index in [1.165, 1.54) is 51.4 Å². The van der Waals surface area contributed by atoms with Crippen LogP contribution in [0.4, 0.5) is 0 Å². The summed E-state index contributed by atoms with van der Waals surface area (Å²) in [5, 5.41) is 8.63. The minimum atomic E-state index is 0.322. The number of aromatic hydroxyl groups is 1. The summed E-state index contributed by atoms with van der Waals surface area (Å²) in [4.78, 5) is 0. The van der Waals surface area contributed by atoms with Crippen molar-refractivity contribution >= 4 is 0 Å². The van der Waals surface area contributed by atoms with Gasteiger partial charge in [-0.05, 0) is 25.0 Å². The van der Waals surface area contributed by atoms with Gasteiger partial charge in [0.2, 0.25) is 0 Å². The second-order valence-electron chi connectivity index (χ2n) is 4.53. The molecule has 0 unspecified atom stereocenters. The van der Waals surface area contributed by atoms with Crippen molar-refractivity contribution in [3.05, 3.63) is 43.0 Å². The molecule has 0 radical (unpaired) electrons. The molecular formula is C17H28O. The first-order valence-corrected chi connectivity index (χ1v) is 7.16. The lowest BCUT2D eigenvalue weighted by Gasteiger charge is -1.98. The Morgan fingerprint density at radius 2 is 1.50 bits per heavy atom. The number of phenols is 1. The molecule has 0 atom stereocenters. The van der Waals surface area contributed by atoms with Crippen molar-refractivity contribution in [2.45, 2.75) is 58.3 Å². The van der Waals surface area contributed by atoms with E-state index in [0.717, 1.165) is 0 Å². The normalized spacial score (nSPS) is 9.39. The highest BCUT2D eigenvalue weighted by Gasteiger charge is 1.88. The monoisotopic (exact) mass is 248 g/mol. The molecule has 0 aliphatic rings. The van der Waals surface area contributed by atoms with Crippen LogP contribution in [-0.2, 0) is 0 Å². The molecule has 18 heavy (non-hydrogen) atoms. The first-order chi connectivity index (χ1) is 8.81. The van der Waals surface area contributed by atoms with Gasteiger partial charge in [-0.1, -0.05) is 69.7 Å². The minimum absolute atomic E-state index is 0.322. The quantitative estimate of drug-likeness (QED) is 0.462. The third-order valence-electron chi connectivity index (χ3n) is 2.77. The topological polar surface area (TPSA) is 20.2 Å². The first-order valence-electron chi connectivity index (χ1n) is 7.16. The molecule has 0 aliphatic carbocycles. The molecule has 1 nitrogen and oxygen atoms in total. The van der Waals surface area contributed by atoms with Crippen LogP contribution in [0.25, 0.3) is 0 Å². The average molecular weight is 248 g/mol. The molecule has 0 fully saturated rings. The Kier molecular flexibility index (Phi) is 12.9. The number of hydrogen-bond acceptors (Lipinski definition) is 1. The zero-order valence-corrected chi connectivity index (χ0v) is 11.8. The van der Waals surface area contributed by atoms with Crippen molar-refractivity contribution in [3.63, 3.8) is 0 Å². The zero-order valence-electron chi connectivity index (χ0n) is 11.8. The Morgan fingerprint density at radius 3 is 1.94 bits per heavy atom. The van der Waals surface area contributed by atoms with Crippen LogP contribution < -0.4 is 0 Å². The molecule has 1 aromatic rings. The predicted molar refractivity (Wildman–Crippen MR) is 80.9 cm³/mol. The number of para-hydroxylation sites is 1. The predicted octanol–water partition coefficient (Wildman–Crippen LogP) is 5.71. The van der Waals surface area contributed by atoms with E-state index in [0.29, 0.717) is 5.75 Å². The molecule has 0 saturated carbocycles. The van der Waals surface area contributed by atoms with Crippen molar-refractivity contribution < 1.29 is 5.11 Å². The van der Waals surface area contributed by atoms with E-state index in [-0.39, 0.29) is 0 Å². The van der Waals surface area contributed by atoms with Crippen molar-refractivity contribution in [1.82, 2.24) is 0 Å². The van der Waals surface area contributed by atoms with Crippen LogP contribution in [0.1, 0.15) is 58.3 Å². The van der Waals surface area contributed by atoms with Crippen LogP contribution >= 0.6 is 0 Å². The summed E-state index contributed by atoms with van der Waals surface area (Å²) in [7, 11) is 0. The van der Waals surface area contributed by atoms with E-state index < -0.39 is 0 Å². The lowest BCUT2D eigenvalue weighted by molar-refractivity contribution is 0.475. The molecule has 1 aromatic carbocycles. The van der Waals surface area contributed by atoms with Crippen LogP contribution in [-0.4, -0.2) is 5.11 Å². The highest BCUT2D eigenvalue weighted by molar-refractivity contribution is 5.18. The van der Waals surface area contributed by atoms with Gasteiger partial charge in [-0.3, -0.25) is 0 Å². The summed E-state index contributed by atoms with van der Waals surface area (Å²) in [6.45, 7) is 5.97. The van der Waals surface area contributed by atoms with Crippen molar-refractivity contribution in [3.8, 4) is 5.75 Å². The molecule has 0 bridgehead atoms. The number of benzene rings is 1. The van der Waals surface area contributed by atoms with Gasteiger partial charge >= 0.3 is 0 Å². The summed E-state index contributed by atoms with van der Waals surface area (Å²) in [6, 6.07) is 8.71. The van der Waals surface area contributed by atoms with E-state index in [1.54, 1.807) is 24.3 Å². The van der Waals surface area contributed by atoms with Crippen molar-refractivity contribution in [2.75, 3.05) is 0 Å². The fourth-order valence-corrected chi connectivity index (χ4v) is 1.67. The van der Waals surface area contributed by atoms with E-state index in [9.17, 15) is 0 Å². The van der Waals surface area contributed by atoms with Gasteiger partial charge in [0.1, 0.15) is 5.75 Å². The SMILES string of the molecule is C=CCCCCCCCCC.Oc1ccccc1. The van der Waals surface area contributed by atoms with Crippen LogP contribution in [0.15, 0.2) is 43.0 Å². The second-order valence-corrected chi connectivity index (χ2v) is 4.53. The number of unbranched alkanes of at least 4 members (excludes halogenated alkanes) is 7. The minimum Gasteiger partial charge on any atom is -0.508 e. The van der Waals surface area contributed by atoms with Gasteiger partial charge in [0, 0.05) is 0 Å². The third-order valence-corrected chi connectivity index (χ3v) is 2.77. The molecule has 1 N–H and O–H groups in total. The molecule has 0 saturated heterocycles. The van der Waals surface area contributed by atoms with Crippen molar-refractivity contribution in [2.24, 2.45) is 0 Å². The van der Waals surface area contributed by atoms with Gasteiger partial charge in [0.25, 0.3) is 0 Å². The van der Waals surface area contributed by atoms with Crippen LogP contribution in [0, 0.1) is 0 Å². The van der Waals surface area contributed by atoms with Crippen LogP contribution in [0.5, 0.6) is 5.75 Å². The second kappa shape index (κ2) is 13.8. The standard InChI is InChI=1S/C11H22.C6H6O/c1-3-5-7-9-11-10-8-6-4-2;7-6-4-2-1-3-5-6/h3H,1,4-11H2,2H3;1-5,7H. The first kappa shape index (κ1) is 16.8. The van der Waals surface area contributed by atoms with Gasteiger partial charge in [0.15, 0.2) is 0 Å². The summed E-state index contributed by atoms with van der Waals surface area (Å²) in [5.41, 5.74) is 0. The van der Waals surface area contributed by atoms with E-state index in [1.807, 2.05) is 12.1 Å². The Labute approximate surface area is 113 Å². The van der Waals surface area contributed by atoms with Gasteiger partial charge in [-0.15, -0.1) is 6.58 Å². The average Bonchev–Trinajstić information content (AvgIpc) is 2.39. The van der Waals surface area contributed by atoms with Gasteiger partial charge in [-0.25, -0.2) is 0 Å². The Hall–Kier alpha value is -1.24. The number of phenolic OH excluding ortho intramolecular Hbond substituents is 1. The van der Waals surface area contributed by atoms with Crippen LogP contribution in [0.2, 0.25) is 0 Å². The lowest BCUT2D eigenvalue weighted by Crippen LogP contribution is -1.78. The Balaban J connectivity index is 0.000000351. The lowest BCUT2D eigenvalue weighted by atomic mass is 10.1. The zero-order chi connectivity index (χ0) is 13.5. The maximum absolute atomic E-state index is 8.63. The highest BCUT2D eigenvalue weighted by Crippen LogP contribution is 2.08. The van der Waals surface area contributed by atoms with Gasteiger partial charge < -0.3 is 5.11 Å². The van der Waals surface area contributed by atoms with Gasteiger partial charge in [0.05, 0.1) is 0 Å². The number of rotatable bonds is 8. The fraction of sp³-hybridized carbons (Fsp3) is 0.529. The molecule has 0 heterocycles. The van der Waals surface area contributed by atoms with E-state index in [2.05, 4.69) is 13.5 Å². The number of hydrogen-bond donors (Lipinski definition) is 1. The largest absolute Gasteiger partial charge is 0.508 e. The fourth-order valence-electron chi connectivity index (χ4n) is 1.67. The Morgan fingerprint density at radius 1 is 0.944 bits per heavy atom. The van der Waals surface area contributed by atoms with Crippen LogP contribution in [0.3, 0.4) is 0 Å². The van der Waals surface area contributed by atoms with E-state index in [4.69, 9.17) is 5.11 Å². The van der Waals surface area contributed by atoms with E-state index >= 15 is 0 Å².